The van der Waals surface area contributed by atoms with Crippen molar-refractivity contribution in [2.24, 2.45) is 0 Å². The second-order valence-corrected chi connectivity index (χ2v) is 7.97. The van der Waals surface area contributed by atoms with Crippen molar-refractivity contribution in [3.63, 3.8) is 0 Å². The Balaban J connectivity index is 1.94. The smallest absolute Gasteiger partial charge is 0.215 e. The number of piperazine rings is 1. The first-order valence-corrected chi connectivity index (χ1v) is 9.39. The zero-order valence-electron chi connectivity index (χ0n) is 13.3. The van der Waals surface area contributed by atoms with E-state index < -0.39 is 16.1 Å². The fraction of sp³-hybridized carbons (Fsp3) is 0.786. The molecular formula is C14H26N4O3S. The van der Waals surface area contributed by atoms with E-state index in [0.717, 1.165) is 6.42 Å². The highest BCUT2D eigenvalue weighted by atomic mass is 32.2. The van der Waals surface area contributed by atoms with Gasteiger partial charge in [-0.1, -0.05) is 6.92 Å². The summed E-state index contributed by atoms with van der Waals surface area (Å²) >= 11 is 0. The molecular weight excluding hydrogens is 304 g/mol. The summed E-state index contributed by atoms with van der Waals surface area (Å²) in [7, 11) is -3.26. The largest absolute Gasteiger partial charge is 0.392 e. The molecule has 1 fully saturated rings. The third kappa shape index (κ3) is 4.52. The van der Waals surface area contributed by atoms with E-state index in [9.17, 15) is 13.5 Å². The van der Waals surface area contributed by atoms with Crippen molar-refractivity contribution in [1.82, 2.24) is 18.8 Å². The topological polar surface area (TPSA) is 78.7 Å². The molecule has 0 spiro atoms. The van der Waals surface area contributed by atoms with E-state index in [1.165, 1.54) is 0 Å². The van der Waals surface area contributed by atoms with Gasteiger partial charge in [0, 0.05) is 51.2 Å². The summed E-state index contributed by atoms with van der Waals surface area (Å²) < 4.78 is 28.4. The van der Waals surface area contributed by atoms with Gasteiger partial charge in [0.15, 0.2) is 0 Å². The molecule has 1 aliphatic rings. The molecule has 1 N–H and O–H groups in total. The zero-order chi connectivity index (χ0) is 16.2. The summed E-state index contributed by atoms with van der Waals surface area (Å²) in [6.07, 6.45) is 5.53. The van der Waals surface area contributed by atoms with Crippen LogP contribution in [0.3, 0.4) is 0 Å². The van der Waals surface area contributed by atoms with Crippen LogP contribution in [0, 0.1) is 0 Å². The average molecular weight is 330 g/mol. The standard InChI is InChI=1S/C14H26N4O3S/c1-3-14-11-18(7-6-17(14)10-13(2)19)22(20,21)9-8-16-5-4-15-12-16/h4-5,12-14,19H,3,6-11H2,1-2H3. The van der Waals surface area contributed by atoms with Gasteiger partial charge in [-0.2, -0.15) is 4.31 Å². The van der Waals surface area contributed by atoms with E-state index in [0.29, 0.717) is 32.7 Å². The van der Waals surface area contributed by atoms with Crippen molar-refractivity contribution in [1.29, 1.82) is 0 Å². The highest BCUT2D eigenvalue weighted by Crippen LogP contribution is 2.17. The molecule has 1 saturated heterocycles. The third-order valence-corrected chi connectivity index (χ3v) is 5.91. The van der Waals surface area contributed by atoms with E-state index >= 15 is 0 Å². The molecule has 0 saturated carbocycles. The van der Waals surface area contributed by atoms with E-state index in [2.05, 4.69) is 16.8 Å². The van der Waals surface area contributed by atoms with E-state index in [1.54, 1.807) is 34.5 Å². The molecule has 0 radical (unpaired) electrons. The Morgan fingerprint density at radius 2 is 2.18 bits per heavy atom. The maximum absolute atomic E-state index is 12.5. The van der Waals surface area contributed by atoms with Crippen LogP contribution < -0.4 is 0 Å². The van der Waals surface area contributed by atoms with Crippen LogP contribution in [0.5, 0.6) is 0 Å². The average Bonchev–Trinajstić information content (AvgIpc) is 2.98. The second-order valence-electron chi connectivity index (χ2n) is 5.88. The Morgan fingerprint density at radius 1 is 1.41 bits per heavy atom. The molecule has 126 valence electrons. The SMILES string of the molecule is CCC1CN(S(=O)(=O)CCn2ccnc2)CCN1CC(C)O. The van der Waals surface area contributed by atoms with Gasteiger partial charge in [0.1, 0.15) is 0 Å². The van der Waals surface area contributed by atoms with Gasteiger partial charge < -0.3 is 9.67 Å². The van der Waals surface area contributed by atoms with Gasteiger partial charge in [-0.05, 0) is 13.3 Å². The third-order valence-electron chi connectivity index (χ3n) is 4.10. The van der Waals surface area contributed by atoms with Gasteiger partial charge in [0.25, 0.3) is 0 Å². The number of aryl methyl sites for hydroxylation is 1. The fourth-order valence-corrected chi connectivity index (χ4v) is 4.31. The molecule has 0 aromatic carbocycles. The van der Waals surface area contributed by atoms with E-state index in [-0.39, 0.29) is 11.8 Å². The van der Waals surface area contributed by atoms with Crippen molar-refractivity contribution in [2.75, 3.05) is 31.9 Å². The van der Waals surface area contributed by atoms with Crippen molar-refractivity contribution < 1.29 is 13.5 Å². The van der Waals surface area contributed by atoms with Crippen LogP contribution in [0.25, 0.3) is 0 Å². The van der Waals surface area contributed by atoms with Crippen LogP contribution in [0.15, 0.2) is 18.7 Å². The number of rotatable bonds is 7. The van der Waals surface area contributed by atoms with Crippen molar-refractivity contribution >= 4 is 10.0 Å². The molecule has 0 bridgehead atoms. The Kier molecular flexibility index (Phi) is 5.96. The molecule has 2 atom stereocenters. The maximum Gasteiger partial charge on any atom is 0.215 e. The summed E-state index contributed by atoms with van der Waals surface area (Å²) in [5, 5.41) is 9.55. The van der Waals surface area contributed by atoms with Crippen molar-refractivity contribution in [3.05, 3.63) is 18.7 Å². The van der Waals surface area contributed by atoms with Crippen LogP contribution >= 0.6 is 0 Å². The number of nitrogens with zero attached hydrogens (tertiary/aromatic N) is 4. The minimum atomic E-state index is -3.26. The minimum Gasteiger partial charge on any atom is -0.392 e. The number of aliphatic hydroxyl groups excluding tert-OH is 1. The summed E-state index contributed by atoms with van der Waals surface area (Å²) in [5.74, 6) is 0.0934. The maximum atomic E-state index is 12.5. The number of hydrogen-bond acceptors (Lipinski definition) is 5. The quantitative estimate of drug-likeness (QED) is 0.761. The Hall–Kier alpha value is -0.960. The lowest BCUT2D eigenvalue weighted by Crippen LogP contribution is -2.56. The van der Waals surface area contributed by atoms with Crippen LogP contribution in [-0.4, -0.2) is 76.4 Å². The van der Waals surface area contributed by atoms with Crippen LogP contribution in [-0.2, 0) is 16.6 Å². The van der Waals surface area contributed by atoms with Gasteiger partial charge in [-0.15, -0.1) is 0 Å². The zero-order valence-corrected chi connectivity index (χ0v) is 14.1. The lowest BCUT2D eigenvalue weighted by atomic mass is 10.1. The van der Waals surface area contributed by atoms with Gasteiger partial charge in [0.2, 0.25) is 10.0 Å². The van der Waals surface area contributed by atoms with Gasteiger partial charge >= 0.3 is 0 Å². The number of aromatic nitrogens is 2. The molecule has 7 nitrogen and oxygen atoms in total. The molecule has 2 heterocycles. The first-order chi connectivity index (χ1) is 10.4. The summed E-state index contributed by atoms with van der Waals surface area (Å²) in [6.45, 7) is 6.52. The molecule has 0 amide bonds. The molecule has 8 heteroatoms. The lowest BCUT2D eigenvalue weighted by molar-refractivity contribution is 0.0613. The molecule has 1 aromatic heterocycles. The number of β-amino-alcohol motifs (C(OH)–C–C–N with tert-alkyl or cyclic N) is 1. The number of sulfonamides is 1. The van der Waals surface area contributed by atoms with E-state index in [1.807, 2.05) is 0 Å². The van der Waals surface area contributed by atoms with E-state index in [4.69, 9.17) is 0 Å². The minimum absolute atomic E-state index is 0.0934. The number of aliphatic hydroxyl groups is 1. The Labute approximate surface area is 132 Å². The van der Waals surface area contributed by atoms with Crippen LogP contribution in [0.1, 0.15) is 20.3 Å². The monoisotopic (exact) mass is 330 g/mol. The predicted octanol–water partition coefficient (Wildman–Crippen LogP) is -0.0101. The van der Waals surface area contributed by atoms with Gasteiger partial charge in [-0.25, -0.2) is 13.4 Å². The molecule has 0 aliphatic carbocycles. The van der Waals surface area contributed by atoms with Gasteiger partial charge in [0.05, 0.1) is 18.2 Å². The Morgan fingerprint density at radius 3 is 2.77 bits per heavy atom. The van der Waals surface area contributed by atoms with Crippen LogP contribution in [0.2, 0.25) is 0 Å². The molecule has 1 aromatic rings. The van der Waals surface area contributed by atoms with Crippen molar-refractivity contribution in [2.45, 2.75) is 39.0 Å². The highest BCUT2D eigenvalue weighted by molar-refractivity contribution is 7.89. The summed E-state index contributed by atoms with van der Waals surface area (Å²) in [5.41, 5.74) is 0. The predicted molar refractivity (Wildman–Crippen MR) is 84.9 cm³/mol. The molecule has 2 rings (SSSR count). The molecule has 22 heavy (non-hydrogen) atoms. The van der Waals surface area contributed by atoms with Gasteiger partial charge in [-0.3, -0.25) is 4.90 Å². The van der Waals surface area contributed by atoms with Crippen LogP contribution in [0.4, 0.5) is 0 Å². The first kappa shape index (κ1) is 17.4. The number of imidazole rings is 1. The van der Waals surface area contributed by atoms with Crippen molar-refractivity contribution in [3.8, 4) is 0 Å². The Bertz CT molecular complexity index is 544. The summed E-state index contributed by atoms with van der Waals surface area (Å²) in [4.78, 5) is 6.11. The molecule has 2 unspecified atom stereocenters. The second kappa shape index (κ2) is 7.54. The number of hydrogen-bond donors (Lipinski definition) is 1. The highest BCUT2D eigenvalue weighted by Gasteiger charge is 2.32. The normalized spacial score (nSPS) is 22.8. The first-order valence-electron chi connectivity index (χ1n) is 7.78. The fourth-order valence-electron chi connectivity index (χ4n) is 2.85. The lowest BCUT2D eigenvalue weighted by Gasteiger charge is -2.41. The molecule has 1 aliphatic heterocycles. The summed E-state index contributed by atoms with van der Waals surface area (Å²) in [6, 6.07) is 0.173.